The van der Waals surface area contributed by atoms with Gasteiger partial charge in [0.2, 0.25) is 21.8 Å². The number of sulfonamides is 1. The van der Waals surface area contributed by atoms with Gasteiger partial charge in [0.05, 0.1) is 71.7 Å². The van der Waals surface area contributed by atoms with Gasteiger partial charge in [0, 0.05) is 117 Å². The van der Waals surface area contributed by atoms with Crippen molar-refractivity contribution in [2.24, 2.45) is 11.5 Å². The number of halogens is 2. The minimum atomic E-state index is -3.34. The Kier molecular flexibility index (Phi) is 33.2. The Bertz CT molecular complexity index is 5230. The number of aromatic nitrogens is 6. The van der Waals surface area contributed by atoms with E-state index in [2.05, 4.69) is 85.8 Å². The molecule has 12 N–H and O–H groups in total. The molecule has 8 aromatic carbocycles. The third kappa shape index (κ3) is 28.3. The lowest BCUT2D eigenvalue weighted by atomic mass is 10.0. The Balaban J connectivity index is 0.000000200. The molecule has 1 aliphatic rings. The van der Waals surface area contributed by atoms with Gasteiger partial charge in [-0.25, -0.2) is 23.4 Å². The van der Waals surface area contributed by atoms with E-state index in [4.69, 9.17) is 61.1 Å². The molecule has 1 aliphatic heterocycles. The summed E-state index contributed by atoms with van der Waals surface area (Å²) in [5.41, 5.74) is 29.0. The summed E-state index contributed by atoms with van der Waals surface area (Å²) in [7, 11) is -8.56. The fourth-order valence-corrected chi connectivity index (χ4v) is 13.6. The molecule has 3 atom stereocenters. The van der Waals surface area contributed by atoms with Gasteiger partial charge < -0.3 is 60.5 Å². The highest BCUT2D eigenvalue weighted by Crippen LogP contribution is 2.37. The number of phenolic OH excluding ortho intramolecular Hbond substituents is 3. The van der Waals surface area contributed by atoms with E-state index in [1.165, 1.54) is 40.1 Å². The first-order chi connectivity index (χ1) is 53.1. The zero-order valence-electron chi connectivity index (χ0n) is 63.0. The summed E-state index contributed by atoms with van der Waals surface area (Å²) in [4.78, 5) is 41.1. The van der Waals surface area contributed by atoms with E-state index < -0.39 is 43.2 Å². The molecule has 12 rings (SSSR count). The van der Waals surface area contributed by atoms with E-state index in [0.717, 1.165) is 93.6 Å². The highest BCUT2D eigenvalue weighted by Gasteiger charge is 2.29. The predicted molar refractivity (Wildman–Crippen MR) is 437 cm³/mol. The molecule has 0 radical (unpaired) electrons. The van der Waals surface area contributed by atoms with Gasteiger partial charge >= 0.3 is 21.0 Å². The third-order valence-corrected chi connectivity index (χ3v) is 18.8. The van der Waals surface area contributed by atoms with Crippen LogP contribution in [0.15, 0.2) is 201 Å². The van der Waals surface area contributed by atoms with Crippen molar-refractivity contribution in [3.8, 4) is 39.8 Å². The van der Waals surface area contributed by atoms with E-state index in [0.29, 0.717) is 68.0 Å². The highest BCUT2D eigenvalue weighted by molar-refractivity contribution is 7.92. The molecule has 0 saturated carbocycles. The fraction of sp³-hybridized carbons (Fsp3) is 0.272. The molecular weight excluding hydrogens is 1530 g/mol. The van der Waals surface area contributed by atoms with Crippen molar-refractivity contribution in [2.75, 3.05) is 40.4 Å². The number of nitrogens with one attached hydrogen (secondary N) is 3. The summed E-state index contributed by atoms with van der Waals surface area (Å²) in [6, 6.07) is 59.0. The summed E-state index contributed by atoms with van der Waals surface area (Å²) >= 11 is 11.9. The molecule has 0 bridgehead atoms. The normalized spacial score (nSPS) is 12.8. The minimum Gasteiger partial charge on any atom is -0.506 e. The molecule has 4 heterocycles. The second kappa shape index (κ2) is 42.3. The maximum atomic E-state index is 11.6. The number of anilines is 3. The van der Waals surface area contributed by atoms with Crippen molar-refractivity contribution in [1.29, 1.82) is 9.56 Å². The standard InChI is InChI=1S/C21H25N3O3S.C21H23N3O.C20H24ClN3O2.C19H19ClN2O3.2HNO2S/c1-15-9-17(12-19(10-15)23-28(3,26)27)13-24-14-22-21(20(24)11-16(2)25)18-7-5-4-6-8-18;1-15-8-16(2)10-18(9-15)13-24-14-23-19(20(24)12-21(22)25)11-17-6-4-3-5-7-17;1-14-11-17(12-18(25)20(14)21)24-10-9-23(15-5-3-2-4-6-15)13-16(24)7-8-19(22)26;1-12(23)7-15-19(14-5-3-2-4-6-14)21-11-22(15)10-13-8-16(24)18(20)17(25)9-13;2*1-4(2)3/h4-10,12,14,16,23,25H,11,13H2,1-3H3;3-10,14H,11-13H2,1-2H3,(H2,22,25);2-6,11-12,16,25H,7-10,13H2,1H3,(H2,22,26);2-6,8-9,11-12,23-25H,7,10H2,1H3;2*1H. The molecule has 26 nitrogen and oxygen atoms in total. The number of aliphatic hydroxyl groups is 2. The number of hydrogen-bond acceptors (Lipinski definition) is 20. The maximum Gasteiger partial charge on any atom is 0.308 e. The topological polar surface area (TPSA) is 409 Å². The Labute approximate surface area is 665 Å². The van der Waals surface area contributed by atoms with Crippen LogP contribution >= 0.6 is 23.2 Å². The molecule has 3 unspecified atom stereocenters. The van der Waals surface area contributed by atoms with Crippen molar-refractivity contribution < 1.29 is 60.4 Å². The fourth-order valence-electron chi connectivity index (χ4n) is 12.9. The van der Waals surface area contributed by atoms with Crippen molar-refractivity contribution in [3.63, 3.8) is 0 Å². The molecule has 0 aliphatic carbocycles. The van der Waals surface area contributed by atoms with E-state index in [9.17, 15) is 43.5 Å². The Morgan fingerprint density at radius 1 is 0.554 bits per heavy atom. The van der Waals surface area contributed by atoms with Gasteiger partial charge in [-0.3, -0.25) is 14.3 Å². The van der Waals surface area contributed by atoms with Gasteiger partial charge in [-0.15, -0.1) is 0 Å². The lowest BCUT2D eigenvalue weighted by molar-refractivity contribution is -0.118. The quantitative estimate of drug-likeness (QED) is 0.0284. The van der Waals surface area contributed by atoms with Gasteiger partial charge in [-0.2, -0.15) is 26.4 Å². The smallest absolute Gasteiger partial charge is 0.308 e. The monoisotopic (exact) mass is 1620 g/mol. The number of hydrogen-bond donors (Lipinski definition) is 10. The first-order valence-electron chi connectivity index (χ1n) is 35.3. The van der Waals surface area contributed by atoms with Crippen LogP contribution in [0.3, 0.4) is 0 Å². The molecule has 31 heteroatoms. The van der Waals surface area contributed by atoms with Crippen LogP contribution in [0.1, 0.15) is 94.0 Å². The first kappa shape index (κ1) is 88.0. The van der Waals surface area contributed by atoms with Crippen LogP contribution in [0.25, 0.3) is 22.5 Å². The summed E-state index contributed by atoms with van der Waals surface area (Å²) in [6.07, 6.45) is 8.21. The number of benzene rings is 8. The second-order valence-electron chi connectivity index (χ2n) is 27.0. The number of nitrogens with two attached hydrogens (primary N) is 2. The number of aromatic hydroxyl groups is 3. The number of aryl methyl sites for hydroxylation is 4. The molecule has 112 heavy (non-hydrogen) atoms. The van der Waals surface area contributed by atoms with Crippen LogP contribution in [0.4, 0.5) is 17.1 Å². The maximum absolute atomic E-state index is 11.6. The van der Waals surface area contributed by atoms with E-state index in [1.54, 1.807) is 38.6 Å². The van der Waals surface area contributed by atoms with E-state index >= 15 is 0 Å². The number of phenols is 3. The third-order valence-electron chi connectivity index (χ3n) is 17.3. The summed E-state index contributed by atoms with van der Waals surface area (Å²) in [5, 5.41) is 49.9. The van der Waals surface area contributed by atoms with Crippen LogP contribution in [-0.4, -0.2) is 135 Å². The average Bonchev–Trinajstić information content (AvgIpc) is 1.30. The number of piperazine rings is 1. The zero-order valence-corrected chi connectivity index (χ0v) is 66.9. The lowest BCUT2D eigenvalue weighted by Crippen LogP contribution is -2.53. The molecule has 0 spiro atoms. The number of carbonyl (C=O) groups excluding carboxylic acids is 2. The number of rotatable bonds is 23. The van der Waals surface area contributed by atoms with Crippen molar-refractivity contribution in [3.05, 3.63) is 278 Å². The number of carbonyl (C=O) groups is 2. The van der Waals surface area contributed by atoms with Crippen LogP contribution in [0.5, 0.6) is 17.2 Å². The number of primary amides is 2. The number of amides is 2. The van der Waals surface area contributed by atoms with Gasteiger partial charge in [0.15, 0.2) is 0 Å². The molecule has 3 aromatic heterocycles. The lowest BCUT2D eigenvalue weighted by Gasteiger charge is -2.44. The minimum absolute atomic E-state index is 0.0661. The number of aliphatic hydroxyl groups excluding tert-OH is 2. The molecule has 592 valence electrons. The van der Waals surface area contributed by atoms with Crippen LogP contribution in [-0.2, 0) is 85.9 Å². The number of nitrogens with zero attached hydrogens (tertiary/aromatic N) is 8. The Hall–Kier alpha value is -11.2. The second-order valence-corrected chi connectivity index (χ2v) is 30.4. The van der Waals surface area contributed by atoms with Crippen molar-refractivity contribution in [2.45, 2.75) is 118 Å². The van der Waals surface area contributed by atoms with E-state index in [-0.39, 0.29) is 46.5 Å². The number of imidazole rings is 3. The molecule has 2 amide bonds. The Morgan fingerprint density at radius 3 is 1.44 bits per heavy atom. The van der Waals surface area contributed by atoms with Crippen molar-refractivity contribution in [1.82, 2.24) is 28.7 Å². The van der Waals surface area contributed by atoms with Gasteiger partial charge in [-0.1, -0.05) is 168 Å². The van der Waals surface area contributed by atoms with Crippen LogP contribution in [0, 0.1) is 37.3 Å². The van der Waals surface area contributed by atoms with Crippen LogP contribution < -0.4 is 26.0 Å². The average molecular weight is 1620 g/mol. The van der Waals surface area contributed by atoms with E-state index in [1.807, 2.05) is 149 Å². The van der Waals surface area contributed by atoms with Gasteiger partial charge in [0.1, 0.15) is 22.3 Å². The van der Waals surface area contributed by atoms with Crippen LogP contribution in [0.2, 0.25) is 10.0 Å². The SMILES string of the molecule is CC(O)Cc1c(-c2ccccc2)ncn1Cc1cc(O)c(Cl)c(O)c1.Cc1cc(C)cc(Cn2cnc(Cc3ccccc3)c2CC(N)=O)c1.Cc1cc(Cn2cnc(-c3ccccc3)c2CC(C)O)cc(NS(C)(=O)=O)c1.Cc1cc(N2CCN(c3ccccc3)CC2CCC(N)=O)cc(O)c1Cl.N=S(=O)=O.N=S(=O)=O. The molecular formula is C81H93Cl2N13O13S3. The molecule has 1 fully saturated rings. The number of para-hydroxylation sites is 1. The molecule has 11 aromatic rings. The van der Waals surface area contributed by atoms with Gasteiger partial charge in [-0.05, 0) is 124 Å². The zero-order chi connectivity index (χ0) is 81.9. The van der Waals surface area contributed by atoms with Gasteiger partial charge in [0.25, 0.3) is 0 Å². The first-order valence-corrected chi connectivity index (χ1v) is 40.1. The summed E-state index contributed by atoms with van der Waals surface area (Å²) in [6.45, 7) is 15.5. The predicted octanol–water partition coefficient (Wildman–Crippen LogP) is 12.5. The largest absolute Gasteiger partial charge is 0.506 e. The van der Waals surface area contributed by atoms with Crippen molar-refractivity contribution >= 4 is 83.1 Å². The summed E-state index contributed by atoms with van der Waals surface area (Å²) < 4.78 is 77.3. The Morgan fingerprint density at radius 2 is 0.982 bits per heavy atom. The molecule has 1 saturated heterocycles. The summed E-state index contributed by atoms with van der Waals surface area (Å²) in [5.74, 6) is -0.886. The highest BCUT2D eigenvalue weighted by atomic mass is 35.5.